The maximum absolute atomic E-state index is 12.0. The first-order valence-corrected chi connectivity index (χ1v) is 9.01. The lowest BCUT2D eigenvalue weighted by atomic mass is 10.1. The molecule has 20 heavy (non-hydrogen) atoms. The zero-order chi connectivity index (χ0) is 15.1. The molecule has 4 nitrogen and oxygen atoms in total. The predicted molar refractivity (Wildman–Crippen MR) is 80.0 cm³/mol. The van der Waals surface area contributed by atoms with Crippen molar-refractivity contribution >= 4 is 54.5 Å². The third kappa shape index (κ3) is 3.58. The Hall–Kier alpha value is -0.490. The van der Waals surface area contributed by atoms with E-state index in [4.69, 9.17) is 33.9 Å². The molecule has 0 spiro atoms. The van der Waals surface area contributed by atoms with Gasteiger partial charge in [0.15, 0.2) is 0 Å². The van der Waals surface area contributed by atoms with E-state index < -0.39 is 9.05 Å². The van der Waals surface area contributed by atoms with Crippen LogP contribution in [0.5, 0.6) is 0 Å². The van der Waals surface area contributed by atoms with E-state index in [1.54, 1.807) is 0 Å². The molecule has 1 atom stereocenters. The summed E-state index contributed by atoms with van der Waals surface area (Å²) in [4.78, 5) is 11.8. The van der Waals surface area contributed by atoms with Crippen molar-refractivity contribution in [3.05, 3.63) is 22.2 Å². The Balaban J connectivity index is 2.26. The highest BCUT2D eigenvalue weighted by Crippen LogP contribution is 2.39. The maximum atomic E-state index is 12.0. The second-order valence-corrected chi connectivity index (χ2v) is 8.20. The average molecular weight is 357 g/mol. The van der Waals surface area contributed by atoms with Crippen LogP contribution in [0.1, 0.15) is 19.8 Å². The second-order valence-electron chi connectivity index (χ2n) is 4.82. The molecule has 1 aromatic rings. The summed E-state index contributed by atoms with van der Waals surface area (Å²) in [6, 6.07) is 2.32. The van der Waals surface area contributed by atoms with Crippen molar-refractivity contribution in [1.29, 1.82) is 0 Å². The number of hydrogen-bond donors (Lipinski definition) is 1. The summed E-state index contributed by atoms with van der Waals surface area (Å²) >= 11 is 11.9. The highest BCUT2D eigenvalue weighted by atomic mass is 35.7. The Kier molecular flexibility index (Phi) is 4.54. The predicted octanol–water partition coefficient (Wildman–Crippen LogP) is 3.91. The molecule has 110 valence electrons. The van der Waals surface area contributed by atoms with Crippen LogP contribution >= 0.6 is 33.9 Å². The minimum atomic E-state index is -3.92. The Bertz CT molecular complexity index is 633. The van der Waals surface area contributed by atoms with Crippen LogP contribution in [0.15, 0.2) is 17.0 Å². The van der Waals surface area contributed by atoms with Gasteiger partial charge in [-0.25, -0.2) is 8.42 Å². The summed E-state index contributed by atoms with van der Waals surface area (Å²) in [5.74, 6) is 0.0893. The number of hydrogen-bond acceptors (Lipinski definition) is 3. The van der Waals surface area contributed by atoms with Crippen LogP contribution in [0.3, 0.4) is 0 Å². The first kappa shape index (κ1) is 15.9. The maximum Gasteiger partial charge on any atom is 0.261 e. The first-order chi connectivity index (χ1) is 9.20. The summed E-state index contributed by atoms with van der Waals surface area (Å²) in [7, 11) is 1.31. The number of benzene rings is 1. The summed E-state index contributed by atoms with van der Waals surface area (Å²) in [5, 5.41) is 2.71. The fraction of sp³-hybridized carbons (Fsp3) is 0.417. The van der Waals surface area contributed by atoms with Crippen LogP contribution in [0.25, 0.3) is 0 Å². The Morgan fingerprint density at radius 3 is 2.20 bits per heavy atom. The van der Waals surface area contributed by atoms with E-state index >= 15 is 0 Å². The quantitative estimate of drug-likeness (QED) is 0.832. The number of carbonyl (C=O) groups excluding carboxylic acids is 1. The molecule has 0 aromatic heterocycles. The number of amides is 1. The van der Waals surface area contributed by atoms with Gasteiger partial charge in [0.2, 0.25) is 5.91 Å². The van der Waals surface area contributed by atoms with Gasteiger partial charge < -0.3 is 5.32 Å². The summed E-state index contributed by atoms with van der Waals surface area (Å²) in [6.07, 6.45) is 2.08. The van der Waals surface area contributed by atoms with E-state index in [-0.39, 0.29) is 32.5 Å². The number of rotatable bonds is 4. The van der Waals surface area contributed by atoms with Crippen molar-refractivity contribution in [2.45, 2.75) is 24.7 Å². The molecule has 1 aliphatic rings. The molecule has 2 rings (SSSR count). The summed E-state index contributed by atoms with van der Waals surface area (Å²) in [6.45, 7) is 1.84. The Morgan fingerprint density at radius 1 is 1.30 bits per heavy atom. The van der Waals surface area contributed by atoms with Crippen molar-refractivity contribution in [3.63, 3.8) is 0 Å². The number of halogens is 3. The van der Waals surface area contributed by atoms with E-state index in [9.17, 15) is 13.2 Å². The lowest BCUT2D eigenvalue weighted by molar-refractivity contribution is -0.119. The van der Waals surface area contributed by atoms with E-state index in [2.05, 4.69) is 5.32 Å². The molecule has 1 amide bonds. The molecule has 0 saturated heterocycles. The van der Waals surface area contributed by atoms with Gasteiger partial charge in [0.1, 0.15) is 0 Å². The fourth-order valence-electron chi connectivity index (χ4n) is 1.86. The molecular formula is C12H12Cl3NO3S. The molecule has 1 aromatic carbocycles. The van der Waals surface area contributed by atoms with Gasteiger partial charge in [0.05, 0.1) is 20.6 Å². The molecule has 0 aliphatic heterocycles. The SMILES string of the molecule is CC(C(=O)Nc1c(Cl)cc(S(=O)(=O)Cl)cc1Cl)C1CC1. The van der Waals surface area contributed by atoms with Crippen LogP contribution in [0, 0.1) is 11.8 Å². The third-order valence-electron chi connectivity index (χ3n) is 3.29. The van der Waals surface area contributed by atoms with Crippen molar-refractivity contribution in [2.24, 2.45) is 11.8 Å². The van der Waals surface area contributed by atoms with E-state index in [1.807, 2.05) is 6.92 Å². The highest BCUT2D eigenvalue weighted by Gasteiger charge is 2.33. The van der Waals surface area contributed by atoms with Crippen LogP contribution < -0.4 is 5.32 Å². The minimum absolute atomic E-state index is 0.0353. The van der Waals surface area contributed by atoms with Gasteiger partial charge in [0, 0.05) is 16.6 Å². The van der Waals surface area contributed by atoms with Gasteiger partial charge in [-0.15, -0.1) is 0 Å². The zero-order valence-corrected chi connectivity index (χ0v) is 13.6. The number of anilines is 1. The molecule has 8 heteroatoms. The Morgan fingerprint density at radius 2 is 1.80 bits per heavy atom. The zero-order valence-electron chi connectivity index (χ0n) is 10.5. The smallest absolute Gasteiger partial charge is 0.261 e. The van der Waals surface area contributed by atoms with E-state index in [0.717, 1.165) is 25.0 Å². The van der Waals surface area contributed by atoms with Crippen molar-refractivity contribution in [1.82, 2.24) is 0 Å². The Labute approximate surface area is 131 Å². The molecule has 1 aliphatic carbocycles. The second kappa shape index (κ2) is 5.72. The van der Waals surface area contributed by atoms with Gasteiger partial charge in [-0.05, 0) is 30.9 Å². The van der Waals surface area contributed by atoms with Gasteiger partial charge in [0.25, 0.3) is 9.05 Å². The van der Waals surface area contributed by atoms with Crippen LogP contribution in [0.4, 0.5) is 5.69 Å². The summed E-state index contributed by atoms with van der Waals surface area (Å²) in [5.41, 5.74) is 0.204. The molecule has 0 heterocycles. The normalized spacial score (nSPS) is 16.8. The van der Waals surface area contributed by atoms with Gasteiger partial charge in [-0.2, -0.15) is 0 Å². The van der Waals surface area contributed by atoms with E-state index in [1.165, 1.54) is 0 Å². The third-order valence-corrected chi connectivity index (χ3v) is 5.22. The minimum Gasteiger partial charge on any atom is -0.323 e. The number of nitrogens with one attached hydrogen (secondary N) is 1. The van der Waals surface area contributed by atoms with Crippen LogP contribution in [-0.2, 0) is 13.8 Å². The number of carbonyl (C=O) groups is 1. The highest BCUT2D eigenvalue weighted by molar-refractivity contribution is 8.13. The van der Waals surface area contributed by atoms with Crippen molar-refractivity contribution in [2.75, 3.05) is 5.32 Å². The van der Waals surface area contributed by atoms with Gasteiger partial charge in [-0.1, -0.05) is 30.1 Å². The molecule has 0 bridgehead atoms. The summed E-state index contributed by atoms with van der Waals surface area (Å²) < 4.78 is 22.5. The average Bonchev–Trinajstić information content (AvgIpc) is 3.15. The van der Waals surface area contributed by atoms with Crippen molar-refractivity contribution in [3.8, 4) is 0 Å². The molecule has 0 radical (unpaired) electrons. The van der Waals surface area contributed by atoms with Crippen LogP contribution in [0.2, 0.25) is 10.0 Å². The molecular weight excluding hydrogens is 345 g/mol. The largest absolute Gasteiger partial charge is 0.323 e. The fourth-order valence-corrected chi connectivity index (χ4v) is 3.35. The molecule has 1 saturated carbocycles. The standard InChI is InChI=1S/C12H12Cl3NO3S/c1-6(7-2-3-7)12(17)16-11-9(13)4-8(5-10(11)14)20(15,18)19/h4-7H,2-3H2,1H3,(H,16,17). The monoisotopic (exact) mass is 355 g/mol. The first-order valence-electron chi connectivity index (χ1n) is 5.94. The van der Waals surface area contributed by atoms with Crippen molar-refractivity contribution < 1.29 is 13.2 Å². The van der Waals surface area contributed by atoms with Gasteiger partial charge >= 0.3 is 0 Å². The van der Waals surface area contributed by atoms with E-state index in [0.29, 0.717) is 5.92 Å². The molecule has 1 unspecified atom stereocenters. The molecule has 1 fully saturated rings. The molecule has 1 N–H and O–H groups in total. The lowest BCUT2D eigenvalue weighted by Crippen LogP contribution is -2.22. The van der Waals surface area contributed by atoms with Gasteiger partial charge in [-0.3, -0.25) is 4.79 Å². The lowest BCUT2D eigenvalue weighted by Gasteiger charge is -2.14. The topological polar surface area (TPSA) is 63.2 Å². The van der Waals surface area contributed by atoms with Crippen LogP contribution in [-0.4, -0.2) is 14.3 Å².